The van der Waals surface area contributed by atoms with Crippen molar-refractivity contribution in [3.8, 4) is 5.75 Å². The predicted molar refractivity (Wildman–Crippen MR) is 79.7 cm³/mol. The van der Waals surface area contributed by atoms with Crippen LogP contribution in [0.4, 0.5) is 10.1 Å². The molecule has 0 bridgehead atoms. The number of anilines is 1. The minimum atomic E-state index is -1.46. The first-order chi connectivity index (χ1) is 9.34. The van der Waals surface area contributed by atoms with Crippen LogP contribution in [0.25, 0.3) is 0 Å². The number of rotatable bonds is 3. The topological polar surface area (TPSA) is 75.4 Å². The van der Waals surface area contributed by atoms with Crippen LogP contribution in [0.3, 0.4) is 0 Å². The van der Waals surface area contributed by atoms with Crippen LogP contribution < -0.4 is 11.1 Å². The first kappa shape index (κ1) is 15.5. The predicted octanol–water partition coefficient (Wildman–Crippen LogP) is 3.21. The van der Waals surface area contributed by atoms with Gasteiger partial charge in [-0.25, -0.2) is 4.39 Å². The van der Waals surface area contributed by atoms with E-state index in [0.29, 0.717) is 10.9 Å². The summed E-state index contributed by atoms with van der Waals surface area (Å²) in [6, 6.07) is 2.99. The summed E-state index contributed by atoms with van der Waals surface area (Å²) < 4.78 is 14.6. The number of amides is 1. The fraction of sp³-hybridized carbons (Fsp3) is 0.462. The lowest BCUT2D eigenvalue weighted by Gasteiger charge is -2.17. The van der Waals surface area contributed by atoms with E-state index >= 15 is 0 Å². The van der Waals surface area contributed by atoms with E-state index in [9.17, 15) is 14.3 Å². The Labute approximate surface area is 129 Å². The Bertz CT molecular complexity index is 520. The van der Waals surface area contributed by atoms with Crippen molar-refractivity contribution in [2.45, 2.75) is 24.9 Å². The minimum Gasteiger partial charge on any atom is -0.506 e. The number of phenols is 1. The number of aromatic hydroxyl groups is 1. The van der Waals surface area contributed by atoms with Crippen molar-refractivity contribution < 1.29 is 14.3 Å². The van der Waals surface area contributed by atoms with E-state index < -0.39 is 11.6 Å². The zero-order valence-electron chi connectivity index (χ0n) is 10.6. The van der Waals surface area contributed by atoms with Crippen LogP contribution in [0.15, 0.2) is 16.6 Å². The third-order valence-electron chi connectivity index (χ3n) is 3.57. The van der Waals surface area contributed by atoms with Gasteiger partial charge in [0.25, 0.3) is 0 Å². The smallest absolute Gasteiger partial charge is 0.227 e. The molecule has 0 spiro atoms. The summed E-state index contributed by atoms with van der Waals surface area (Å²) >= 11 is 9.15. The lowest BCUT2D eigenvalue weighted by molar-refractivity contribution is -0.120. The highest BCUT2D eigenvalue weighted by Crippen LogP contribution is 2.39. The number of alkyl halides is 1. The largest absolute Gasteiger partial charge is 0.506 e. The zero-order chi connectivity index (χ0) is 14.9. The monoisotopic (exact) mass is 364 g/mol. The second kappa shape index (κ2) is 5.87. The number of nitrogens with two attached hydrogens (primary N) is 1. The molecule has 0 heterocycles. The number of carbonyl (C=O) groups excluding carboxylic acids is 1. The van der Waals surface area contributed by atoms with Gasteiger partial charge in [0.1, 0.15) is 17.1 Å². The van der Waals surface area contributed by atoms with Gasteiger partial charge in [-0.3, -0.25) is 4.79 Å². The molecule has 2 rings (SSSR count). The summed E-state index contributed by atoms with van der Waals surface area (Å²) in [5.74, 6) is -0.943. The van der Waals surface area contributed by atoms with Gasteiger partial charge in [-0.15, -0.1) is 0 Å². The number of nitrogens with one attached hydrogen (secondary N) is 1. The lowest BCUT2D eigenvalue weighted by Crippen LogP contribution is -2.31. The number of carbonyl (C=O) groups is 1. The van der Waals surface area contributed by atoms with Crippen LogP contribution in [0.2, 0.25) is 5.02 Å². The SMILES string of the molecule is NC[C@@]1(F)CC[C@@H](C(=O)Nc2c(O)cc(Br)cc2Cl)C1. The summed E-state index contributed by atoms with van der Waals surface area (Å²) in [4.78, 5) is 12.1. The molecule has 1 aliphatic rings. The normalized spacial score (nSPS) is 25.7. The van der Waals surface area contributed by atoms with Gasteiger partial charge in [-0.2, -0.15) is 0 Å². The molecule has 0 aliphatic heterocycles. The van der Waals surface area contributed by atoms with Crippen molar-refractivity contribution >= 4 is 39.1 Å². The number of benzene rings is 1. The number of hydrogen-bond donors (Lipinski definition) is 3. The highest BCUT2D eigenvalue weighted by atomic mass is 79.9. The molecule has 110 valence electrons. The van der Waals surface area contributed by atoms with Gasteiger partial charge in [-0.1, -0.05) is 27.5 Å². The molecule has 7 heteroatoms. The van der Waals surface area contributed by atoms with E-state index in [2.05, 4.69) is 21.2 Å². The van der Waals surface area contributed by atoms with E-state index in [1.165, 1.54) is 6.07 Å². The minimum absolute atomic E-state index is 0.0823. The van der Waals surface area contributed by atoms with Crippen LogP contribution in [0, 0.1) is 5.92 Å². The third-order valence-corrected chi connectivity index (χ3v) is 4.33. The molecule has 1 aromatic carbocycles. The second-order valence-corrected chi connectivity index (χ2v) is 6.39. The second-order valence-electron chi connectivity index (χ2n) is 5.07. The molecule has 1 aromatic rings. The maximum absolute atomic E-state index is 14.0. The number of phenolic OH excluding ortho intramolecular Hbond substituents is 1. The molecular weight excluding hydrogens is 351 g/mol. The summed E-state index contributed by atoms with van der Waals surface area (Å²) in [5.41, 5.74) is 4.05. The lowest BCUT2D eigenvalue weighted by atomic mass is 10.0. The van der Waals surface area contributed by atoms with E-state index in [-0.39, 0.29) is 41.8 Å². The Morgan fingerprint density at radius 2 is 2.35 bits per heavy atom. The Hall–Kier alpha value is -0.850. The molecule has 1 saturated carbocycles. The molecule has 0 radical (unpaired) electrons. The van der Waals surface area contributed by atoms with Crippen LogP contribution in [-0.2, 0) is 4.79 Å². The van der Waals surface area contributed by atoms with Crippen molar-refractivity contribution in [2.75, 3.05) is 11.9 Å². The quantitative estimate of drug-likeness (QED) is 0.720. The maximum atomic E-state index is 14.0. The summed E-state index contributed by atoms with van der Waals surface area (Å²) in [7, 11) is 0. The van der Waals surface area contributed by atoms with Gasteiger partial charge < -0.3 is 16.2 Å². The standard InChI is InChI=1S/C13H15BrClFN2O2/c14-8-3-9(15)11(10(19)4-8)18-12(20)7-1-2-13(16,5-7)6-17/h3-4,7,19H,1-2,5-6,17H2,(H,18,20)/t7-,13-/m1/s1. The average molecular weight is 366 g/mol. The highest BCUT2D eigenvalue weighted by molar-refractivity contribution is 9.10. The Kier molecular flexibility index (Phi) is 4.56. The summed E-state index contributed by atoms with van der Waals surface area (Å²) in [5, 5.41) is 12.6. The van der Waals surface area contributed by atoms with E-state index in [0.717, 1.165) is 0 Å². The van der Waals surface area contributed by atoms with Gasteiger partial charge in [0.2, 0.25) is 5.91 Å². The van der Waals surface area contributed by atoms with Crippen LogP contribution in [0.5, 0.6) is 5.75 Å². The van der Waals surface area contributed by atoms with Crippen molar-refractivity contribution in [3.63, 3.8) is 0 Å². The highest BCUT2D eigenvalue weighted by Gasteiger charge is 2.41. The van der Waals surface area contributed by atoms with Gasteiger partial charge in [0.15, 0.2) is 0 Å². The molecule has 1 aliphatic carbocycles. The molecule has 4 nitrogen and oxygen atoms in total. The van der Waals surface area contributed by atoms with Gasteiger partial charge in [-0.05, 0) is 31.4 Å². The maximum Gasteiger partial charge on any atom is 0.227 e. The van der Waals surface area contributed by atoms with Gasteiger partial charge in [0, 0.05) is 16.9 Å². The van der Waals surface area contributed by atoms with E-state index in [1.807, 2.05) is 0 Å². The van der Waals surface area contributed by atoms with Crippen LogP contribution >= 0.6 is 27.5 Å². The van der Waals surface area contributed by atoms with Crippen molar-refractivity contribution in [3.05, 3.63) is 21.6 Å². The van der Waals surface area contributed by atoms with Crippen LogP contribution in [-0.4, -0.2) is 23.2 Å². The molecule has 0 saturated heterocycles. The van der Waals surface area contributed by atoms with Crippen molar-refractivity contribution in [1.82, 2.24) is 0 Å². The van der Waals surface area contributed by atoms with Crippen molar-refractivity contribution in [1.29, 1.82) is 0 Å². The first-order valence-corrected chi connectivity index (χ1v) is 7.39. The molecule has 20 heavy (non-hydrogen) atoms. The molecule has 0 unspecified atom stereocenters. The Balaban J connectivity index is 2.10. The van der Waals surface area contributed by atoms with E-state index in [4.69, 9.17) is 17.3 Å². The number of hydrogen-bond acceptors (Lipinski definition) is 3. The fourth-order valence-corrected chi connectivity index (χ4v) is 3.24. The fourth-order valence-electron chi connectivity index (χ4n) is 2.40. The zero-order valence-corrected chi connectivity index (χ0v) is 13.0. The van der Waals surface area contributed by atoms with Crippen molar-refractivity contribution in [2.24, 2.45) is 11.7 Å². The van der Waals surface area contributed by atoms with Crippen LogP contribution in [0.1, 0.15) is 19.3 Å². The number of halogens is 3. The first-order valence-electron chi connectivity index (χ1n) is 6.22. The molecular formula is C13H15BrClFN2O2. The third kappa shape index (κ3) is 3.24. The summed E-state index contributed by atoms with van der Waals surface area (Å²) in [6.07, 6.45) is 0.820. The summed E-state index contributed by atoms with van der Waals surface area (Å²) in [6.45, 7) is -0.0823. The average Bonchev–Trinajstić information content (AvgIpc) is 2.77. The molecule has 1 amide bonds. The Morgan fingerprint density at radius 3 is 2.90 bits per heavy atom. The molecule has 1 fully saturated rings. The van der Waals surface area contributed by atoms with Gasteiger partial charge >= 0.3 is 0 Å². The van der Waals surface area contributed by atoms with E-state index in [1.54, 1.807) is 6.07 Å². The Morgan fingerprint density at radius 1 is 1.65 bits per heavy atom. The molecule has 0 aromatic heterocycles. The van der Waals surface area contributed by atoms with Gasteiger partial charge in [0.05, 0.1) is 5.02 Å². The molecule has 4 N–H and O–H groups in total. The molecule has 2 atom stereocenters.